The molecule has 0 radical (unpaired) electrons. The maximum atomic E-state index is 11.9. The summed E-state index contributed by atoms with van der Waals surface area (Å²) in [6.07, 6.45) is 1.16. The molecule has 0 aliphatic carbocycles. The van der Waals surface area contributed by atoms with Crippen molar-refractivity contribution in [3.63, 3.8) is 0 Å². The smallest absolute Gasteiger partial charge is 0.252 e. The van der Waals surface area contributed by atoms with Crippen molar-refractivity contribution in [2.24, 2.45) is 0 Å². The van der Waals surface area contributed by atoms with Gasteiger partial charge in [-0.15, -0.1) is 12.6 Å². The zero-order chi connectivity index (χ0) is 15.1. The molecule has 1 rings (SSSR count). The monoisotopic (exact) mass is 358 g/mol. The fourth-order valence-corrected chi connectivity index (χ4v) is 2.38. The summed E-state index contributed by atoms with van der Waals surface area (Å²) in [7, 11) is 0. The van der Waals surface area contributed by atoms with Crippen LogP contribution in [0.1, 0.15) is 37.0 Å². The Morgan fingerprint density at radius 3 is 2.70 bits per heavy atom. The van der Waals surface area contributed by atoms with Crippen LogP contribution in [0.4, 0.5) is 0 Å². The largest absolute Gasteiger partial charge is 0.354 e. The van der Waals surface area contributed by atoms with Gasteiger partial charge in [0.25, 0.3) is 5.91 Å². The van der Waals surface area contributed by atoms with E-state index in [0.29, 0.717) is 17.0 Å². The first-order chi connectivity index (χ1) is 9.43. The third-order valence-corrected chi connectivity index (χ3v) is 3.73. The van der Waals surface area contributed by atoms with Crippen molar-refractivity contribution >= 4 is 40.4 Å². The van der Waals surface area contributed by atoms with Crippen LogP contribution in [0.3, 0.4) is 0 Å². The van der Waals surface area contributed by atoms with E-state index in [4.69, 9.17) is 0 Å². The Bertz CT molecular complexity index is 494. The van der Waals surface area contributed by atoms with Crippen LogP contribution in [-0.2, 0) is 4.79 Å². The first-order valence-corrected chi connectivity index (χ1v) is 7.74. The number of benzene rings is 1. The van der Waals surface area contributed by atoms with Gasteiger partial charge in [0.2, 0.25) is 5.91 Å². The van der Waals surface area contributed by atoms with Crippen molar-refractivity contribution in [1.29, 1.82) is 0 Å². The standard InChI is InChI=1S/C14H19BrN2O2S/c1-3-9(2)17-13(18)6-7-16-14(19)11-5-4-10(15)8-12(11)20/h4-5,8-9,20H,3,6-7H2,1-2H3,(H,16,19)(H,17,18). The van der Waals surface area contributed by atoms with Crippen LogP contribution in [0.5, 0.6) is 0 Å². The van der Waals surface area contributed by atoms with Gasteiger partial charge in [0.15, 0.2) is 0 Å². The topological polar surface area (TPSA) is 58.2 Å². The number of carbonyl (C=O) groups is 2. The highest BCUT2D eigenvalue weighted by molar-refractivity contribution is 9.10. The highest BCUT2D eigenvalue weighted by Crippen LogP contribution is 2.19. The molecule has 110 valence electrons. The van der Waals surface area contributed by atoms with Crippen LogP contribution in [0.15, 0.2) is 27.6 Å². The summed E-state index contributed by atoms with van der Waals surface area (Å²) in [5, 5.41) is 5.57. The summed E-state index contributed by atoms with van der Waals surface area (Å²) in [5.41, 5.74) is 0.499. The minimum atomic E-state index is -0.223. The Morgan fingerprint density at radius 1 is 1.40 bits per heavy atom. The molecule has 0 aromatic heterocycles. The van der Waals surface area contributed by atoms with E-state index < -0.39 is 0 Å². The van der Waals surface area contributed by atoms with Gasteiger partial charge in [-0.1, -0.05) is 22.9 Å². The number of hydrogen-bond acceptors (Lipinski definition) is 3. The summed E-state index contributed by atoms with van der Waals surface area (Å²) in [4.78, 5) is 24.1. The lowest BCUT2D eigenvalue weighted by Crippen LogP contribution is -2.35. The van der Waals surface area contributed by atoms with Gasteiger partial charge in [-0.3, -0.25) is 9.59 Å². The molecule has 1 aromatic carbocycles. The van der Waals surface area contributed by atoms with Crippen molar-refractivity contribution in [3.05, 3.63) is 28.2 Å². The quantitative estimate of drug-likeness (QED) is 0.684. The molecule has 0 spiro atoms. The number of rotatable bonds is 6. The number of amides is 2. The minimum Gasteiger partial charge on any atom is -0.354 e. The molecule has 1 aromatic rings. The summed E-state index contributed by atoms with van der Waals surface area (Å²) in [6.45, 7) is 4.27. The molecule has 20 heavy (non-hydrogen) atoms. The Balaban J connectivity index is 2.42. The summed E-state index contributed by atoms with van der Waals surface area (Å²) in [5.74, 6) is -0.277. The van der Waals surface area contributed by atoms with E-state index in [1.165, 1.54) is 0 Å². The van der Waals surface area contributed by atoms with Crippen LogP contribution in [0.2, 0.25) is 0 Å². The first-order valence-electron chi connectivity index (χ1n) is 6.50. The molecule has 0 aliphatic heterocycles. The zero-order valence-corrected chi connectivity index (χ0v) is 14.1. The van der Waals surface area contributed by atoms with Gasteiger partial charge in [-0.2, -0.15) is 0 Å². The Morgan fingerprint density at radius 2 is 2.10 bits per heavy atom. The van der Waals surface area contributed by atoms with Crippen LogP contribution >= 0.6 is 28.6 Å². The second-order valence-electron chi connectivity index (χ2n) is 4.54. The van der Waals surface area contributed by atoms with Crippen LogP contribution in [0.25, 0.3) is 0 Å². The van der Waals surface area contributed by atoms with E-state index in [1.54, 1.807) is 18.2 Å². The Kier molecular flexibility index (Phi) is 7.09. The van der Waals surface area contributed by atoms with Gasteiger partial charge in [-0.25, -0.2) is 0 Å². The first kappa shape index (κ1) is 17.0. The molecule has 4 nitrogen and oxygen atoms in total. The van der Waals surface area contributed by atoms with Crippen molar-refractivity contribution in [1.82, 2.24) is 10.6 Å². The average Bonchev–Trinajstić information content (AvgIpc) is 2.38. The molecule has 0 saturated heterocycles. The van der Waals surface area contributed by atoms with Gasteiger partial charge in [-0.05, 0) is 31.5 Å². The molecular weight excluding hydrogens is 340 g/mol. The molecule has 0 saturated carbocycles. The fraction of sp³-hybridized carbons (Fsp3) is 0.429. The fourth-order valence-electron chi connectivity index (χ4n) is 1.53. The average molecular weight is 359 g/mol. The van der Waals surface area contributed by atoms with E-state index in [1.807, 2.05) is 13.8 Å². The SMILES string of the molecule is CCC(C)NC(=O)CCNC(=O)c1ccc(Br)cc1S. The van der Waals surface area contributed by atoms with Crippen molar-refractivity contribution in [2.75, 3.05) is 6.54 Å². The summed E-state index contributed by atoms with van der Waals surface area (Å²) >= 11 is 7.57. The van der Waals surface area contributed by atoms with Crippen molar-refractivity contribution in [3.8, 4) is 0 Å². The molecule has 0 aliphatic rings. The van der Waals surface area contributed by atoms with Gasteiger partial charge in [0, 0.05) is 28.4 Å². The van der Waals surface area contributed by atoms with Crippen LogP contribution in [0, 0.1) is 0 Å². The highest BCUT2D eigenvalue weighted by Gasteiger charge is 2.10. The lowest BCUT2D eigenvalue weighted by atomic mass is 10.2. The van der Waals surface area contributed by atoms with Gasteiger partial charge < -0.3 is 10.6 Å². The van der Waals surface area contributed by atoms with Crippen LogP contribution in [-0.4, -0.2) is 24.4 Å². The maximum Gasteiger partial charge on any atom is 0.252 e. The number of thiol groups is 1. The highest BCUT2D eigenvalue weighted by atomic mass is 79.9. The molecule has 2 N–H and O–H groups in total. The molecular formula is C14H19BrN2O2S. The molecule has 6 heteroatoms. The normalized spacial score (nSPS) is 11.8. The molecule has 0 fully saturated rings. The third kappa shape index (κ3) is 5.54. The van der Waals surface area contributed by atoms with E-state index in [-0.39, 0.29) is 24.3 Å². The Hall–Kier alpha value is -1.01. The molecule has 1 atom stereocenters. The second kappa shape index (κ2) is 8.32. The zero-order valence-electron chi connectivity index (χ0n) is 11.6. The molecule has 1 unspecified atom stereocenters. The molecule has 2 amide bonds. The van der Waals surface area contributed by atoms with Gasteiger partial charge in [0.05, 0.1) is 5.56 Å². The number of hydrogen-bond donors (Lipinski definition) is 3. The van der Waals surface area contributed by atoms with Crippen molar-refractivity contribution < 1.29 is 9.59 Å². The Labute approximate surface area is 133 Å². The summed E-state index contributed by atoms with van der Waals surface area (Å²) in [6, 6.07) is 5.40. The molecule has 0 heterocycles. The number of carbonyl (C=O) groups excluding carboxylic acids is 2. The predicted octanol–water partition coefficient (Wildman–Crippen LogP) is 2.77. The van der Waals surface area contributed by atoms with E-state index in [2.05, 4.69) is 39.2 Å². The van der Waals surface area contributed by atoms with Gasteiger partial charge >= 0.3 is 0 Å². The van der Waals surface area contributed by atoms with E-state index in [0.717, 1.165) is 10.9 Å². The molecule has 0 bridgehead atoms. The minimum absolute atomic E-state index is 0.0541. The second-order valence-corrected chi connectivity index (χ2v) is 5.94. The van der Waals surface area contributed by atoms with E-state index in [9.17, 15) is 9.59 Å². The maximum absolute atomic E-state index is 11.9. The lowest BCUT2D eigenvalue weighted by Gasteiger charge is -2.12. The number of nitrogens with one attached hydrogen (secondary N) is 2. The summed E-state index contributed by atoms with van der Waals surface area (Å²) < 4.78 is 0.868. The van der Waals surface area contributed by atoms with Crippen molar-refractivity contribution in [2.45, 2.75) is 37.6 Å². The predicted molar refractivity (Wildman–Crippen MR) is 86.2 cm³/mol. The third-order valence-electron chi connectivity index (χ3n) is 2.86. The lowest BCUT2D eigenvalue weighted by molar-refractivity contribution is -0.121. The number of halogens is 1. The van der Waals surface area contributed by atoms with E-state index >= 15 is 0 Å². The van der Waals surface area contributed by atoms with Crippen LogP contribution < -0.4 is 10.6 Å². The van der Waals surface area contributed by atoms with Gasteiger partial charge in [0.1, 0.15) is 0 Å².